The molecule has 0 fully saturated rings. The van der Waals surface area contributed by atoms with Crippen LogP contribution in [0.1, 0.15) is 29.6 Å². The SMILES string of the molecule is NC1CC(Nc2cccc3ccncc23)c2ccccc21. The lowest BCUT2D eigenvalue weighted by Gasteiger charge is -2.17. The fourth-order valence-electron chi connectivity index (χ4n) is 3.24. The summed E-state index contributed by atoms with van der Waals surface area (Å²) in [7, 11) is 0. The molecule has 3 heteroatoms. The second-order valence-corrected chi connectivity index (χ2v) is 5.57. The lowest BCUT2D eigenvalue weighted by molar-refractivity contribution is 0.649. The van der Waals surface area contributed by atoms with Crippen molar-refractivity contribution in [2.24, 2.45) is 5.73 Å². The quantitative estimate of drug-likeness (QED) is 0.748. The number of benzene rings is 2. The Morgan fingerprint density at radius 3 is 2.76 bits per heavy atom. The van der Waals surface area contributed by atoms with Gasteiger partial charge in [0, 0.05) is 29.5 Å². The van der Waals surface area contributed by atoms with Gasteiger partial charge in [0.2, 0.25) is 0 Å². The Bertz CT molecular complexity index is 792. The second kappa shape index (κ2) is 4.86. The fourth-order valence-corrected chi connectivity index (χ4v) is 3.24. The average Bonchev–Trinajstić information content (AvgIpc) is 2.85. The molecule has 2 aromatic carbocycles. The molecule has 3 aromatic rings. The van der Waals surface area contributed by atoms with E-state index in [9.17, 15) is 0 Å². The standard InChI is InChI=1S/C18H17N3/c19-16-10-18(14-6-2-1-5-13(14)16)21-17-7-3-4-12-8-9-20-11-15(12)17/h1-9,11,16,18,21H,10,19H2. The van der Waals surface area contributed by atoms with E-state index in [0.29, 0.717) is 0 Å². The number of rotatable bonds is 2. The van der Waals surface area contributed by atoms with Gasteiger partial charge in [0.1, 0.15) is 0 Å². The van der Waals surface area contributed by atoms with Gasteiger partial charge in [-0.3, -0.25) is 4.98 Å². The van der Waals surface area contributed by atoms with E-state index in [-0.39, 0.29) is 12.1 Å². The van der Waals surface area contributed by atoms with Gasteiger partial charge in [0.05, 0.1) is 6.04 Å². The molecule has 0 spiro atoms. The van der Waals surface area contributed by atoms with Crippen LogP contribution >= 0.6 is 0 Å². The Labute approximate surface area is 123 Å². The van der Waals surface area contributed by atoms with Crippen LogP contribution in [0.15, 0.2) is 60.9 Å². The molecule has 0 aliphatic heterocycles. The van der Waals surface area contributed by atoms with Gasteiger partial charge in [-0.2, -0.15) is 0 Å². The van der Waals surface area contributed by atoms with E-state index >= 15 is 0 Å². The molecule has 0 saturated heterocycles. The van der Waals surface area contributed by atoms with Crippen LogP contribution in [0.2, 0.25) is 0 Å². The van der Waals surface area contributed by atoms with Crippen molar-refractivity contribution in [2.75, 3.05) is 5.32 Å². The van der Waals surface area contributed by atoms with E-state index < -0.39 is 0 Å². The van der Waals surface area contributed by atoms with Crippen LogP contribution in [0.5, 0.6) is 0 Å². The highest BCUT2D eigenvalue weighted by molar-refractivity contribution is 5.93. The average molecular weight is 275 g/mol. The van der Waals surface area contributed by atoms with Crippen LogP contribution in [0.25, 0.3) is 10.8 Å². The first kappa shape index (κ1) is 12.4. The maximum absolute atomic E-state index is 6.25. The van der Waals surface area contributed by atoms with E-state index in [2.05, 4.69) is 52.8 Å². The van der Waals surface area contributed by atoms with E-state index in [4.69, 9.17) is 5.73 Å². The maximum Gasteiger partial charge on any atom is 0.0535 e. The van der Waals surface area contributed by atoms with E-state index in [0.717, 1.165) is 17.5 Å². The Hall–Kier alpha value is -2.39. The number of fused-ring (bicyclic) bond motifs is 2. The molecule has 1 heterocycles. The van der Waals surface area contributed by atoms with Gasteiger partial charge >= 0.3 is 0 Å². The lowest BCUT2D eigenvalue weighted by Crippen LogP contribution is -2.10. The largest absolute Gasteiger partial charge is 0.378 e. The molecule has 21 heavy (non-hydrogen) atoms. The van der Waals surface area contributed by atoms with Crippen molar-refractivity contribution in [2.45, 2.75) is 18.5 Å². The zero-order valence-corrected chi connectivity index (χ0v) is 11.7. The number of hydrogen-bond donors (Lipinski definition) is 2. The van der Waals surface area contributed by atoms with Crippen LogP contribution in [-0.4, -0.2) is 4.98 Å². The van der Waals surface area contributed by atoms with Crippen molar-refractivity contribution < 1.29 is 0 Å². The summed E-state index contributed by atoms with van der Waals surface area (Å²) in [4.78, 5) is 4.24. The maximum atomic E-state index is 6.25. The number of hydrogen-bond acceptors (Lipinski definition) is 3. The van der Waals surface area contributed by atoms with E-state index in [1.165, 1.54) is 16.5 Å². The van der Waals surface area contributed by atoms with Gasteiger partial charge in [-0.15, -0.1) is 0 Å². The number of nitrogens with two attached hydrogens (primary N) is 1. The molecular weight excluding hydrogens is 258 g/mol. The molecule has 0 bridgehead atoms. The summed E-state index contributed by atoms with van der Waals surface area (Å²) in [6.07, 6.45) is 4.67. The van der Waals surface area contributed by atoms with Crippen LogP contribution in [0.3, 0.4) is 0 Å². The molecule has 1 aliphatic rings. The third-order valence-corrected chi connectivity index (χ3v) is 4.27. The Kier molecular flexibility index (Phi) is 2.86. The summed E-state index contributed by atoms with van der Waals surface area (Å²) in [5.41, 5.74) is 9.94. The number of nitrogens with zero attached hydrogens (tertiary/aromatic N) is 1. The highest BCUT2D eigenvalue weighted by Crippen LogP contribution is 2.39. The summed E-state index contributed by atoms with van der Waals surface area (Å²) in [6.45, 7) is 0. The molecule has 0 radical (unpaired) electrons. The lowest BCUT2D eigenvalue weighted by atomic mass is 10.1. The zero-order valence-electron chi connectivity index (χ0n) is 11.7. The number of anilines is 1. The predicted molar refractivity (Wildman–Crippen MR) is 86.1 cm³/mol. The molecule has 2 atom stereocenters. The Balaban J connectivity index is 1.73. The van der Waals surface area contributed by atoms with Crippen molar-refractivity contribution in [3.8, 4) is 0 Å². The molecular formula is C18H17N3. The summed E-state index contributed by atoms with van der Waals surface area (Å²) in [5, 5.41) is 6.00. The van der Waals surface area contributed by atoms with E-state index in [1.807, 2.05) is 18.5 Å². The summed E-state index contributed by atoms with van der Waals surface area (Å²) < 4.78 is 0. The summed E-state index contributed by atoms with van der Waals surface area (Å²) in [5.74, 6) is 0. The minimum absolute atomic E-state index is 0.117. The van der Waals surface area contributed by atoms with E-state index in [1.54, 1.807) is 0 Å². The highest BCUT2D eigenvalue weighted by atomic mass is 14.9. The predicted octanol–water partition coefficient (Wildman–Crippen LogP) is 3.79. The van der Waals surface area contributed by atoms with Gasteiger partial charge in [-0.05, 0) is 35.1 Å². The van der Waals surface area contributed by atoms with Crippen molar-refractivity contribution in [1.82, 2.24) is 4.98 Å². The minimum Gasteiger partial charge on any atom is -0.378 e. The monoisotopic (exact) mass is 275 g/mol. The first-order valence-electron chi connectivity index (χ1n) is 7.26. The molecule has 1 aromatic heterocycles. The third-order valence-electron chi connectivity index (χ3n) is 4.27. The van der Waals surface area contributed by atoms with Crippen molar-refractivity contribution >= 4 is 16.5 Å². The first-order valence-corrected chi connectivity index (χ1v) is 7.26. The van der Waals surface area contributed by atoms with Crippen molar-refractivity contribution in [3.63, 3.8) is 0 Å². The smallest absolute Gasteiger partial charge is 0.0535 e. The molecule has 104 valence electrons. The third kappa shape index (κ3) is 2.06. The van der Waals surface area contributed by atoms with Crippen LogP contribution in [-0.2, 0) is 0 Å². The molecule has 4 rings (SSSR count). The molecule has 2 unspecified atom stereocenters. The van der Waals surface area contributed by atoms with Gasteiger partial charge in [-0.25, -0.2) is 0 Å². The van der Waals surface area contributed by atoms with Crippen molar-refractivity contribution in [1.29, 1.82) is 0 Å². The summed E-state index contributed by atoms with van der Waals surface area (Å²) in [6, 6.07) is 17.1. The van der Waals surface area contributed by atoms with Gasteiger partial charge in [0.25, 0.3) is 0 Å². The topological polar surface area (TPSA) is 50.9 Å². The molecule has 0 amide bonds. The molecule has 3 nitrogen and oxygen atoms in total. The summed E-state index contributed by atoms with van der Waals surface area (Å²) >= 11 is 0. The minimum atomic E-state index is 0.117. The normalized spacial score (nSPS) is 20.4. The van der Waals surface area contributed by atoms with Gasteiger partial charge in [-0.1, -0.05) is 36.4 Å². The molecule has 1 aliphatic carbocycles. The van der Waals surface area contributed by atoms with Crippen LogP contribution in [0.4, 0.5) is 5.69 Å². The molecule has 0 saturated carbocycles. The number of pyridine rings is 1. The highest BCUT2D eigenvalue weighted by Gasteiger charge is 2.28. The molecule has 3 N–H and O–H groups in total. The number of nitrogens with one attached hydrogen (secondary N) is 1. The zero-order chi connectivity index (χ0) is 14.2. The van der Waals surface area contributed by atoms with Crippen molar-refractivity contribution in [3.05, 3.63) is 72.1 Å². The Morgan fingerprint density at radius 1 is 1.00 bits per heavy atom. The Morgan fingerprint density at radius 2 is 1.86 bits per heavy atom. The van der Waals surface area contributed by atoms with Crippen LogP contribution < -0.4 is 11.1 Å². The van der Waals surface area contributed by atoms with Crippen LogP contribution in [0, 0.1) is 0 Å². The fraction of sp³-hybridized carbons (Fsp3) is 0.167. The number of aromatic nitrogens is 1. The second-order valence-electron chi connectivity index (χ2n) is 5.57. The first-order chi connectivity index (χ1) is 10.3. The van der Waals surface area contributed by atoms with Gasteiger partial charge < -0.3 is 11.1 Å². The van der Waals surface area contributed by atoms with Gasteiger partial charge in [0.15, 0.2) is 0 Å².